The van der Waals surface area contributed by atoms with E-state index in [0.29, 0.717) is 19.0 Å². The highest BCUT2D eigenvalue weighted by Gasteiger charge is 2.12. The first-order valence-corrected chi connectivity index (χ1v) is 7.18. The molecule has 0 atom stereocenters. The molecule has 0 N–H and O–H groups in total. The van der Waals surface area contributed by atoms with Crippen molar-refractivity contribution in [2.24, 2.45) is 0 Å². The minimum Gasteiger partial charge on any atom is -0.490 e. The Morgan fingerprint density at radius 3 is 2.19 bits per heavy atom. The molecule has 0 bridgehead atoms. The lowest BCUT2D eigenvalue weighted by atomic mass is 10.3. The molecule has 7 heteroatoms. The summed E-state index contributed by atoms with van der Waals surface area (Å²) >= 11 is 9.13. The van der Waals surface area contributed by atoms with Gasteiger partial charge in [0.05, 0.1) is 4.92 Å². The first kappa shape index (κ1) is 15.6. The largest absolute Gasteiger partial charge is 0.490 e. The van der Waals surface area contributed by atoms with Crippen molar-refractivity contribution in [1.82, 2.24) is 0 Å². The van der Waals surface area contributed by atoms with Gasteiger partial charge in [0.25, 0.3) is 5.69 Å². The topological polar surface area (TPSA) is 61.6 Å². The smallest absolute Gasteiger partial charge is 0.288 e. The Balaban J connectivity index is 1.82. The fourth-order valence-electron chi connectivity index (χ4n) is 1.58. The van der Waals surface area contributed by atoms with E-state index in [9.17, 15) is 10.1 Å². The van der Waals surface area contributed by atoms with Crippen LogP contribution in [-0.4, -0.2) is 18.1 Å². The molecule has 0 spiro atoms. The molecule has 2 aromatic carbocycles. The fourth-order valence-corrected chi connectivity index (χ4v) is 2.08. The van der Waals surface area contributed by atoms with Crippen LogP contribution in [0.25, 0.3) is 0 Å². The Kier molecular flexibility index (Phi) is 5.41. The van der Waals surface area contributed by atoms with E-state index in [1.165, 1.54) is 18.2 Å². The molecule has 0 radical (unpaired) electrons. The molecule has 0 aliphatic carbocycles. The maximum absolute atomic E-state index is 10.6. The molecule has 2 aromatic rings. The van der Waals surface area contributed by atoms with Crippen molar-refractivity contribution in [3.05, 3.63) is 62.1 Å². The van der Waals surface area contributed by atoms with E-state index in [2.05, 4.69) is 15.9 Å². The Hall–Kier alpha value is -1.79. The zero-order chi connectivity index (χ0) is 15.2. The van der Waals surface area contributed by atoms with Crippen LogP contribution < -0.4 is 9.47 Å². The van der Waals surface area contributed by atoms with Gasteiger partial charge in [-0.1, -0.05) is 27.5 Å². The van der Waals surface area contributed by atoms with Crippen LogP contribution in [0.15, 0.2) is 46.9 Å². The SMILES string of the molecule is O=[N+]([O-])c1ccc(OCCOc2ccc(Br)cc2)cc1Cl. The molecule has 0 aliphatic heterocycles. The van der Waals surface area contributed by atoms with Crippen LogP contribution in [0.4, 0.5) is 5.69 Å². The van der Waals surface area contributed by atoms with Crippen molar-refractivity contribution in [1.29, 1.82) is 0 Å². The number of hydrogen-bond acceptors (Lipinski definition) is 4. The molecule has 0 unspecified atom stereocenters. The summed E-state index contributed by atoms with van der Waals surface area (Å²) in [7, 11) is 0. The Morgan fingerprint density at radius 1 is 1.05 bits per heavy atom. The third-order valence-corrected chi connectivity index (χ3v) is 3.38. The van der Waals surface area contributed by atoms with E-state index in [1.807, 2.05) is 24.3 Å². The Morgan fingerprint density at radius 2 is 1.62 bits per heavy atom. The summed E-state index contributed by atoms with van der Waals surface area (Å²) in [5.74, 6) is 1.20. The third kappa shape index (κ3) is 4.61. The molecule has 21 heavy (non-hydrogen) atoms. The van der Waals surface area contributed by atoms with Crippen molar-refractivity contribution < 1.29 is 14.4 Å². The van der Waals surface area contributed by atoms with Crippen LogP contribution in [0.3, 0.4) is 0 Å². The normalized spacial score (nSPS) is 10.2. The average Bonchev–Trinajstić information content (AvgIpc) is 2.45. The molecular formula is C14H11BrClNO4. The molecule has 0 aliphatic rings. The third-order valence-electron chi connectivity index (χ3n) is 2.55. The van der Waals surface area contributed by atoms with Gasteiger partial charge in [0, 0.05) is 16.6 Å². The maximum Gasteiger partial charge on any atom is 0.288 e. The van der Waals surface area contributed by atoms with E-state index in [1.54, 1.807) is 0 Å². The van der Waals surface area contributed by atoms with Crippen molar-refractivity contribution in [3.8, 4) is 11.5 Å². The van der Waals surface area contributed by atoms with Crippen LogP contribution in [0.5, 0.6) is 11.5 Å². The molecule has 0 heterocycles. The second-order valence-corrected chi connectivity index (χ2v) is 5.34. The van der Waals surface area contributed by atoms with Gasteiger partial charge >= 0.3 is 0 Å². The molecule has 2 rings (SSSR count). The molecule has 0 aromatic heterocycles. The van der Waals surface area contributed by atoms with Gasteiger partial charge in [0.2, 0.25) is 0 Å². The molecular weight excluding hydrogens is 362 g/mol. The number of rotatable bonds is 6. The highest BCUT2D eigenvalue weighted by molar-refractivity contribution is 9.10. The van der Waals surface area contributed by atoms with Gasteiger partial charge in [0.15, 0.2) is 0 Å². The lowest BCUT2D eigenvalue weighted by Gasteiger charge is -2.08. The van der Waals surface area contributed by atoms with Crippen LogP contribution in [0, 0.1) is 10.1 Å². The second kappa shape index (κ2) is 7.28. The zero-order valence-electron chi connectivity index (χ0n) is 10.8. The van der Waals surface area contributed by atoms with Crippen molar-refractivity contribution in [2.75, 3.05) is 13.2 Å². The van der Waals surface area contributed by atoms with Gasteiger partial charge in [-0.05, 0) is 30.3 Å². The molecule has 0 fully saturated rings. The van der Waals surface area contributed by atoms with Crippen molar-refractivity contribution in [2.45, 2.75) is 0 Å². The first-order chi connectivity index (χ1) is 10.1. The highest BCUT2D eigenvalue weighted by atomic mass is 79.9. The molecule has 5 nitrogen and oxygen atoms in total. The predicted molar refractivity (Wildman–Crippen MR) is 83.2 cm³/mol. The zero-order valence-corrected chi connectivity index (χ0v) is 13.1. The highest BCUT2D eigenvalue weighted by Crippen LogP contribution is 2.28. The summed E-state index contributed by atoms with van der Waals surface area (Å²) < 4.78 is 11.9. The summed E-state index contributed by atoms with van der Waals surface area (Å²) in [6, 6.07) is 11.7. The summed E-state index contributed by atoms with van der Waals surface area (Å²) in [4.78, 5) is 10.1. The van der Waals surface area contributed by atoms with Crippen molar-refractivity contribution >= 4 is 33.2 Å². The van der Waals surface area contributed by atoms with Gasteiger partial charge in [-0.2, -0.15) is 0 Å². The Labute approximate surface area is 134 Å². The fraction of sp³-hybridized carbons (Fsp3) is 0.143. The lowest BCUT2D eigenvalue weighted by Crippen LogP contribution is -2.09. The standard InChI is InChI=1S/C14H11BrClNO4/c15-10-1-3-11(4-2-10)20-7-8-21-12-5-6-14(17(18)19)13(16)9-12/h1-6,9H,7-8H2. The van der Waals surface area contributed by atoms with E-state index in [4.69, 9.17) is 21.1 Å². The molecule has 110 valence electrons. The summed E-state index contributed by atoms with van der Waals surface area (Å²) in [6.45, 7) is 0.667. The van der Waals surface area contributed by atoms with Crippen LogP contribution in [0.1, 0.15) is 0 Å². The minimum absolute atomic E-state index is 0.0475. The predicted octanol–water partition coefficient (Wildman–Crippen LogP) is 4.47. The van der Waals surface area contributed by atoms with Gasteiger partial charge in [-0.25, -0.2) is 0 Å². The number of nitro groups is 1. The quantitative estimate of drug-likeness (QED) is 0.426. The minimum atomic E-state index is -0.539. The van der Waals surface area contributed by atoms with Gasteiger partial charge in [-0.3, -0.25) is 10.1 Å². The summed E-state index contributed by atoms with van der Waals surface area (Å²) in [6.07, 6.45) is 0. The van der Waals surface area contributed by atoms with Gasteiger partial charge in [-0.15, -0.1) is 0 Å². The van der Waals surface area contributed by atoms with Gasteiger partial charge in [0.1, 0.15) is 29.7 Å². The number of halogens is 2. The van der Waals surface area contributed by atoms with Crippen LogP contribution >= 0.6 is 27.5 Å². The van der Waals surface area contributed by atoms with E-state index in [-0.39, 0.29) is 10.7 Å². The van der Waals surface area contributed by atoms with Crippen LogP contribution in [0.2, 0.25) is 5.02 Å². The maximum atomic E-state index is 10.6. The average molecular weight is 373 g/mol. The van der Waals surface area contributed by atoms with Gasteiger partial charge < -0.3 is 9.47 Å². The molecule has 0 saturated heterocycles. The van der Waals surface area contributed by atoms with E-state index in [0.717, 1.165) is 10.2 Å². The van der Waals surface area contributed by atoms with Crippen LogP contribution in [-0.2, 0) is 0 Å². The first-order valence-electron chi connectivity index (χ1n) is 6.01. The lowest BCUT2D eigenvalue weighted by molar-refractivity contribution is -0.384. The number of ether oxygens (including phenoxy) is 2. The van der Waals surface area contributed by atoms with E-state index < -0.39 is 4.92 Å². The summed E-state index contributed by atoms with van der Waals surface area (Å²) in [5.41, 5.74) is -0.143. The van der Waals surface area contributed by atoms with Crippen molar-refractivity contribution in [3.63, 3.8) is 0 Å². The molecule has 0 saturated carbocycles. The van der Waals surface area contributed by atoms with E-state index >= 15 is 0 Å². The number of nitrogens with zero attached hydrogens (tertiary/aromatic N) is 1. The molecule has 0 amide bonds. The second-order valence-electron chi connectivity index (χ2n) is 4.02. The Bertz CT molecular complexity index is 633. The summed E-state index contributed by atoms with van der Waals surface area (Å²) in [5, 5.41) is 10.7. The number of benzene rings is 2. The monoisotopic (exact) mass is 371 g/mol. The number of hydrogen-bond donors (Lipinski definition) is 0. The number of nitro benzene ring substituents is 1.